The van der Waals surface area contributed by atoms with Gasteiger partial charge in [-0.15, -0.1) is 11.3 Å². The van der Waals surface area contributed by atoms with Crippen LogP contribution in [-0.2, 0) is 16.1 Å². The van der Waals surface area contributed by atoms with E-state index in [2.05, 4.69) is 15.8 Å². The van der Waals surface area contributed by atoms with Crippen LogP contribution in [0.25, 0.3) is 0 Å². The van der Waals surface area contributed by atoms with Crippen molar-refractivity contribution in [2.24, 2.45) is 0 Å². The Kier molecular flexibility index (Phi) is 8.25. The van der Waals surface area contributed by atoms with Crippen LogP contribution < -0.4 is 9.62 Å². The van der Waals surface area contributed by atoms with E-state index in [9.17, 15) is 9.59 Å². The number of rotatable bonds is 9. The molecule has 1 amide bonds. The average Bonchev–Trinajstić information content (AvgIpc) is 3.20. The van der Waals surface area contributed by atoms with Gasteiger partial charge in [-0.05, 0) is 55.6 Å². The molecule has 0 aliphatic heterocycles. The zero-order valence-corrected chi connectivity index (χ0v) is 19.3. The monoisotopic (exact) mass is 466 g/mol. The second kappa shape index (κ2) is 11.3. The Morgan fingerprint density at radius 2 is 1.91 bits per heavy atom. The molecular weight excluding hydrogens is 444 g/mol. The predicted molar refractivity (Wildman–Crippen MR) is 127 cm³/mol. The molecule has 1 aromatic heterocycles. The van der Waals surface area contributed by atoms with Gasteiger partial charge in [0.2, 0.25) is 0 Å². The zero-order chi connectivity index (χ0) is 22.9. The smallest absolute Gasteiger partial charge is 0.317 e. The summed E-state index contributed by atoms with van der Waals surface area (Å²) < 4.78 is 7.51. The predicted octanol–water partition coefficient (Wildman–Crippen LogP) is 4.60. The van der Waals surface area contributed by atoms with Gasteiger partial charge in [0.15, 0.2) is 5.13 Å². The summed E-state index contributed by atoms with van der Waals surface area (Å²) in [5.41, 5.74) is 2.83. The Morgan fingerprint density at radius 1 is 1.19 bits per heavy atom. The van der Waals surface area contributed by atoms with Gasteiger partial charge in [-0.1, -0.05) is 30.3 Å². The van der Waals surface area contributed by atoms with E-state index in [-0.39, 0.29) is 17.6 Å². The van der Waals surface area contributed by atoms with Crippen LogP contribution >= 0.6 is 23.3 Å². The van der Waals surface area contributed by atoms with Gasteiger partial charge in [0.25, 0.3) is 5.91 Å². The molecule has 2 aromatic carbocycles. The SMILES string of the molecule is CCOC(=O)CSNC(=O)c1nc(N(Cc2ccccc2)c2ccc(C#N)cc2)sc1C. The molecule has 3 rings (SSSR count). The third-order valence-electron chi connectivity index (χ3n) is 4.38. The molecule has 0 spiro atoms. The van der Waals surface area contributed by atoms with Gasteiger partial charge in [0, 0.05) is 10.6 Å². The van der Waals surface area contributed by atoms with Gasteiger partial charge in [0.1, 0.15) is 11.4 Å². The summed E-state index contributed by atoms with van der Waals surface area (Å²) in [6.45, 7) is 4.43. The summed E-state index contributed by atoms with van der Waals surface area (Å²) in [4.78, 5) is 31.5. The first kappa shape index (κ1) is 23.3. The molecule has 0 unspecified atom stereocenters. The van der Waals surface area contributed by atoms with Gasteiger partial charge in [-0.25, -0.2) is 4.98 Å². The van der Waals surface area contributed by atoms with Crippen molar-refractivity contribution in [2.45, 2.75) is 20.4 Å². The van der Waals surface area contributed by atoms with Crippen molar-refractivity contribution < 1.29 is 14.3 Å². The van der Waals surface area contributed by atoms with E-state index < -0.39 is 0 Å². The number of nitriles is 1. The summed E-state index contributed by atoms with van der Waals surface area (Å²) in [5, 5.41) is 9.77. The molecule has 0 saturated carbocycles. The molecule has 1 heterocycles. The lowest BCUT2D eigenvalue weighted by molar-refractivity contribution is -0.139. The van der Waals surface area contributed by atoms with E-state index in [1.165, 1.54) is 11.3 Å². The van der Waals surface area contributed by atoms with Crippen molar-refractivity contribution in [3.8, 4) is 6.07 Å². The minimum Gasteiger partial charge on any atom is -0.465 e. The van der Waals surface area contributed by atoms with E-state index >= 15 is 0 Å². The molecule has 1 N–H and O–H groups in total. The van der Waals surface area contributed by atoms with Crippen LogP contribution in [0.4, 0.5) is 10.8 Å². The van der Waals surface area contributed by atoms with Crippen molar-refractivity contribution in [2.75, 3.05) is 17.3 Å². The van der Waals surface area contributed by atoms with Gasteiger partial charge < -0.3 is 9.64 Å². The van der Waals surface area contributed by atoms with Crippen LogP contribution in [-0.4, -0.2) is 29.2 Å². The van der Waals surface area contributed by atoms with Crippen molar-refractivity contribution in [1.82, 2.24) is 9.71 Å². The number of ether oxygens (including phenoxy) is 1. The van der Waals surface area contributed by atoms with E-state index in [1.807, 2.05) is 54.3 Å². The van der Waals surface area contributed by atoms with Crippen LogP contribution in [0.1, 0.15) is 33.4 Å². The van der Waals surface area contributed by atoms with Crippen LogP contribution in [0.5, 0.6) is 0 Å². The number of aryl methyl sites for hydroxylation is 1. The van der Waals surface area contributed by atoms with Gasteiger partial charge in [-0.2, -0.15) is 5.26 Å². The highest BCUT2D eigenvalue weighted by Crippen LogP contribution is 2.33. The van der Waals surface area contributed by atoms with Crippen molar-refractivity contribution in [3.05, 3.63) is 76.3 Å². The molecule has 7 nitrogen and oxygen atoms in total. The molecule has 32 heavy (non-hydrogen) atoms. The fourth-order valence-corrected chi connectivity index (χ4v) is 4.30. The highest BCUT2D eigenvalue weighted by molar-refractivity contribution is 7.98. The maximum atomic E-state index is 12.6. The maximum absolute atomic E-state index is 12.6. The van der Waals surface area contributed by atoms with Gasteiger partial charge in [-0.3, -0.25) is 14.3 Å². The molecule has 0 aliphatic rings. The first-order chi connectivity index (χ1) is 15.5. The number of hydrogen-bond donors (Lipinski definition) is 1. The molecule has 0 radical (unpaired) electrons. The molecule has 0 saturated heterocycles. The Bertz CT molecular complexity index is 1110. The third kappa shape index (κ3) is 6.09. The van der Waals surface area contributed by atoms with E-state index in [1.54, 1.807) is 19.1 Å². The van der Waals surface area contributed by atoms with Crippen LogP contribution in [0.3, 0.4) is 0 Å². The normalized spacial score (nSPS) is 10.3. The number of thiazole rings is 1. The van der Waals surface area contributed by atoms with Crippen molar-refractivity contribution in [1.29, 1.82) is 5.26 Å². The first-order valence-electron chi connectivity index (χ1n) is 9.88. The molecule has 3 aromatic rings. The number of carbonyl (C=O) groups is 2. The number of aromatic nitrogens is 1. The Morgan fingerprint density at radius 3 is 2.56 bits per heavy atom. The summed E-state index contributed by atoms with van der Waals surface area (Å²) >= 11 is 2.39. The maximum Gasteiger partial charge on any atom is 0.317 e. The quantitative estimate of drug-likeness (QED) is 0.364. The summed E-state index contributed by atoms with van der Waals surface area (Å²) in [7, 11) is 0. The lowest BCUT2D eigenvalue weighted by atomic mass is 10.2. The molecule has 0 aliphatic carbocycles. The number of nitrogens with one attached hydrogen (secondary N) is 1. The third-order valence-corrected chi connectivity index (χ3v) is 6.09. The van der Waals surface area contributed by atoms with Crippen molar-refractivity contribution >= 4 is 46.0 Å². The van der Waals surface area contributed by atoms with E-state index in [0.717, 1.165) is 28.1 Å². The minimum absolute atomic E-state index is 0.0288. The van der Waals surface area contributed by atoms with Crippen molar-refractivity contribution in [3.63, 3.8) is 0 Å². The van der Waals surface area contributed by atoms with Crippen LogP contribution in [0.2, 0.25) is 0 Å². The van der Waals surface area contributed by atoms with E-state index in [0.29, 0.717) is 29.5 Å². The molecule has 0 bridgehead atoms. The highest BCUT2D eigenvalue weighted by Gasteiger charge is 2.21. The number of hydrogen-bond acceptors (Lipinski definition) is 8. The molecule has 0 atom stereocenters. The lowest BCUT2D eigenvalue weighted by Crippen LogP contribution is -2.21. The fourth-order valence-electron chi connectivity index (χ4n) is 2.87. The Labute approximate surface area is 195 Å². The van der Waals surface area contributed by atoms with E-state index in [4.69, 9.17) is 10.00 Å². The topological polar surface area (TPSA) is 95.3 Å². The number of nitrogens with zero attached hydrogens (tertiary/aromatic N) is 3. The summed E-state index contributed by atoms with van der Waals surface area (Å²) in [5.74, 6) is -0.719. The first-order valence-corrected chi connectivity index (χ1v) is 11.7. The number of esters is 1. The Hall–Kier alpha value is -3.35. The largest absolute Gasteiger partial charge is 0.465 e. The number of benzene rings is 2. The molecule has 9 heteroatoms. The van der Waals surface area contributed by atoms with Gasteiger partial charge >= 0.3 is 5.97 Å². The minimum atomic E-state index is -0.386. The number of amides is 1. The lowest BCUT2D eigenvalue weighted by Gasteiger charge is -2.22. The molecular formula is C23H22N4O3S2. The molecule has 0 fully saturated rings. The second-order valence-electron chi connectivity index (χ2n) is 6.66. The number of carbonyl (C=O) groups excluding carboxylic acids is 2. The standard InChI is InChI=1S/C23H22N4O3S2/c1-3-30-20(28)15-31-26-22(29)21-16(2)32-23(25-21)27(14-18-7-5-4-6-8-18)19-11-9-17(13-24)10-12-19/h4-12H,3,14-15H2,1-2H3,(H,26,29). The zero-order valence-electron chi connectivity index (χ0n) is 17.7. The fraction of sp³-hybridized carbons (Fsp3) is 0.217. The summed E-state index contributed by atoms with van der Waals surface area (Å²) in [6, 6.07) is 19.3. The average molecular weight is 467 g/mol. The van der Waals surface area contributed by atoms with Gasteiger partial charge in [0.05, 0.1) is 24.8 Å². The molecule has 164 valence electrons. The summed E-state index contributed by atoms with van der Waals surface area (Å²) in [6.07, 6.45) is 0. The Balaban J connectivity index is 1.82. The highest BCUT2D eigenvalue weighted by atomic mass is 32.2. The van der Waals surface area contributed by atoms with Crippen LogP contribution in [0, 0.1) is 18.3 Å². The van der Waals surface area contributed by atoms with Crippen LogP contribution in [0.15, 0.2) is 54.6 Å². The number of anilines is 2. The second-order valence-corrected chi connectivity index (χ2v) is 8.62.